The van der Waals surface area contributed by atoms with Crippen molar-refractivity contribution in [2.24, 2.45) is 0 Å². The molecule has 6 heteroatoms. The molecule has 0 saturated carbocycles. The van der Waals surface area contributed by atoms with Crippen LogP contribution in [0.25, 0.3) is 0 Å². The Hall–Kier alpha value is -2.47. The van der Waals surface area contributed by atoms with Crippen LogP contribution in [-0.2, 0) is 25.9 Å². The Labute approximate surface area is 139 Å². The molecule has 1 aromatic carbocycles. The minimum atomic E-state index is -0.211. The van der Waals surface area contributed by atoms with Crippen LogP contribution in [0.15, 0.2) is 43.0 Å². The zero-order valence-corrected chi connectivity index (χ0v) is 13.4. The molecular weight excluding hydrogens is 305 g/mol. The number of rotatable bonds is 5. The van der Waals surface area contributed by atoms with Gasteiger partial charge in [-0.2, -0.15) is 5.10 Å². The number of nitrogens with one attached hydrogen (secondary N) is 2. The molecule has 0 radical (unpaired) electrons. The number of aryl methyl sites for hydroxylation is 1. The summed E-state index contributed by atoms with van der Waals surface area (Å²) in [5.41, 5.74) is 4.66. The maximum atomic E-state index is 12.9. The minimum Gasteiger partial charge on any atom is -0.348 e. The molecule has 5 nitrogen and oxygen atoms in total. The number of imidazole rings is 1. The van der Waals surface area contributed by atoms with E-state index in [1.165, 1.54) is 23.5 Å². The van der Waals surface area contributed by atoms with Crippen molar-refractivity contribution in [3.63, 3.8) is 0 Å². The molecule has 0 amide bonds. The number of H-pyrrole nitrogens is 1. The Morgan fingerprint density at radius 1 is 1.25 bits per heavy atom. The monoisotopic (exact) mass is 325 g/mol. The number of halogens is 1. The molecular formula is C18H20FN5. The van der Waals surface area contributed by atoms with Crippen molar-refractivity contribution in [1.82, 2.24) is 25.1 Å². The smallest absolute Gasteiger partial charge is 0.123 e. The van der Waals surface area contributed by atoms with Crippen LogP contribution in [0.2, 0.25) is 0 Å². The van der Waals surface area contributed by atoms with Gasteiger partial charge in [-0.25, -0.2) is 9.37 Å². The lowest BCUT2D eigenvalue weighted by Gasteiger charge is -2.22. The van der Waals surface area contributed by atoms with Gasteiger partial charge in [0.15, 0.2) is 0 Å². The van der Waals surface area contributed by atoms with E-state index in [-0.39, 0.29) is 5.82 Å². The molecule has 1 atom stereocenters. The topological polar surface area (TPSA) is 58.5 Å². The highest BCUT2D eigenvalue weighted by Gasteiger charge is 2.19. The highest BCUT2D eigenvalue weighted by atomic mass is 19.1. The summed E-state index contributed by atoms with van der Waals surface area (Å²) in [6.45, 7) is 1.46. The van der Waals surface area contributed by atoms with Crippen LogP contribution in [0.5, 0.6) is 0 Å². The fourth-order valence-electron chi connectivity index (χ4n) is 3.20. The van der Waals surface area contributed by atoms with Crippen LogP contribution in [0.1, 0.15) is 28.9 Å². The van der Waals surface area contributed by atoms with Crippen LogP contribution in [0, 0.1) is 5.82 Å². The second kappa shape index (κ2) is 6.57. The lowest BCUT2D eigenvalue weighted by Crippen LogP contribution is -2.34. The van der Waals surface area contributed by atoms with Gasteiger partial charge >= 0.3 is 0 Å². The van der Waals surface area contributed by atoms with Crippen LogP contribution in [0.3, 0.4) is 0 Å². The van der Waals surface area contributed by atoms with Gasteiger partial charge in [-0.1, -0.05) is 12.1 Å². The summed E-state index contributed by atoms with van der Waals surface area (Å²) in [7, 11) is 0. The Morgan fingerprint density at radius 2 is 2.12 bits per heavy atom. The molecule has 24 heavy (non-hydrogen) atoms. The fraction of sp³-hybridized carbons (Fsp3) is 0.333. The van der Waals surface area contributed by atoms with Gasteiger partial charge in [-0.05, 0) is 30.5 Å². The predicted molar refractivity (Wildman–Crippen MR) is 89.0 cm³/mol. The van der Waals surface area contributed by atoms with E-state index < -0.39 is 0 Å². The zero-order valence-electron chi connectivity index (χ0n) is 13.4. The second-order valence-corrected chi connectivity index (χ2v) is 6.32. The molecule has 2 heterocycles. The van der Waals surface area contributed by atoms with Gasteiger partial charge in [0.25, 0.3) is 0 Å². The van der Waals surface area contributed by atoms with E-state index >= 15 is 0 Å². The van der Waals surface area contributed by atoms with Gasteiger partial charge in [-0.3, -0.25) is 4.68 Å². The van der Waals surface area contributed by atoms with E-state index in [0.717, 1.165) is 36.9 Å². The maximum absolute atomic E-state index is 12.9. The SMILES string of the molecule is Fc1ccc(Cn2cc(CNC3CCc4nc[nH]c4C3)cn2)cc1. The summed E-state index contributed by atoms with van der Waals surface area (Å²) in [5, 5.41) is 7.99. The van der Waals surface area contributed by atoms with Crippen molar-refractivity contribution in [2.45, 2.75) is 38.4 Å². The number of hydrogen-bond donors (Lipinski definition) is 2. The Morgan fingerprint density at radius 3 is 3.00 bits per heavy atom. The van der Waals surface area contributed by atoms with E-state index in [4.69, 9.17) is 0 Å². The van der Waals surface area contributed by atoms with E-state index in [2.05, 4.69) is 20.4 Å². The average Bonchev–Trinajstić information content (AvgIpc) is 3.23. The van der Waals surface area contributed by atoms with E-state index in [1.807, 2.05) is 17.1 Å². The number of aromatic nitrogens is 4. The van der Waals surface area contributed by atoms with Crippen LogP contribution >= 0.6 is 0 Å². The first-order chi connectivity index (χ1) is 11.8. The molecule has 2 N–H and O–H groups in total. The van der Waals surface area contributed by atoms with Gasteiger partial charge in [0, 0.05) is 36.5 Å². The third-order valence-corrected chi connectivity index (χ3v) is 4.53. The van der Waals surface area contributed by atoms with Gasteiger partial charge in [-0.15, -0.1) is 0 Å². The normalized spacial score (nSPS) is 17.0. The van der Waals surface area contributed by atoms with Crippen molar-refractivity contribution in [3.05, 3.63) is 71.3 Å². The molecule has 4 rings (SSSR count). The summed E-state index contributed by atoms with van der Waals surface area (Å²) >= 11 is 0. The Kier molecular flexibility index (Phi) is 4.13. The van der Waals surface area contributed by atoms with Crippen molar-refractivity contribution in [1.29, 1.82) is 0 Å². The first-order valence-corrected chi connectivity index (χ1v) is 8.26. The van der Waals surface area contributed by atoms with Crippen molar-refractivity contribution >= 4 is 0 Å². The highest BCUT2D eigenvalue weighted by molar-refractivity contribution is 5.18. The summed E-state index contributed by atoms with van der Waals surface area (Å²) in [5.74, 6) is -0.211. The quantitative estimate of drug-likeness (QED) is 0.757. The predicted octanol–water partition coefficient (Wildman–Crippen LogP) is 2.44. The number of nitrogens with zero attached hydrogens (tertiary/aromatic N) is 3. The Balaban J connectivity index is 1.32. The van der Waals surface area contributed by atoms with Crippen LogP contribution in [-0.4, -0.2) is 25.8 Å². The van der Waals surface area contributed by atoms with E-state index in [9.17, 15) is 4.39 Å². The maximum Gasteiger partial charge on any atom is 0.123 e. The minimum absolute atomic E-state index is 0.211. The molecule has 1 aliphatic rings. The fourth-order valence-corrected chi connectivity index (χ4v) is 3.20. The molecule has 0 aliphatic heterocycles. The number of benzene rings is 1. The van der Waals surface area contributed by atoms with Crippen molar-refractivity contribution in [3.8, 4) is 0 Å². The van der Waals surface area contributed by atoms with E-state index in [1.54, 1.807) is 18.5 Å². The van der Waals surface area contributed by atoms with Crippen molar-refractivity contribution in [2.75, 3.05) is 0 Å². The Bertz CT molecular complexity index is 805. The third-order valence-electron chi connectivity index (χ3n) is 4.53. The standard InChI is InChI=1S/C18H20FN5/c19-15-3-1-13(2-4-15)10-24-11-14(9-23-24)8-20-16-5-6-17-18(7-16)22-12-21-17/h1-4,9,11-12,16,20H,5-8,10H2,(H,21,22). The zero-order chi connectivity index (χ0) is 16.4. The number of aromatic amines is 1. The first kappa shape index (κ1) is 15.1. The van der Waals surface area contributed by atoms with Crippen LogP contribution < -0.4 is 5.32 Å². The first-order valence-electron chi connectivity index (χ1n) is 8.26. The molecule has 2 aromatic heterocycles. The molecule has 1 unspecified atom stereocenters. The van der Waals surface area contributed by atoms with E-state index in [0.29, 0.717) is 12.6 Å². The largest absolute Gasteiger partial charge is 0.348 e. The summed E-state index contributed by atoms with van der Waals surface area (Å²) in [4.78, 5) is 7.56. The number of fused-ring (bicyclic) bond motifs is 1. The second-order valence-electron chi connectivity index (χ2n) is 6.32. The molecule has 0 saturated heterocycles. The average molecular weight is 325 g/mol. The highest BCUT2D eigenvalue weighted by Crippen LogP contribution is 2.18. The number of hydrogen-bond acceptors (Lipinski definition) is 3. The van der Waals surface area contributed by atoms with Crippen molar-refractivity contribution < 1.29 is 4.39 Å². The molecule has 124 valence electrons. The van der Waals surface area contributed by atoms with Gasteiger partial charge in [0.1, 0.15) is 5.82 Å². The van der Waals surface area contributed by atoms with Gasteiger partial charge in [0.2, 0.25) is 0 Å². The van der Waals surface area contributed by atoms with Crippen LogP contribution in [0.4, 0.5) is 4.39 Å². The summed E-state index contributed by atoms with van der Waals surface area (Å²) in [6.07, 6.45) is 8.86. The van der Waals surface area contributed by atoms with Gasteiger partial charge < -0.3 is 10.3 Å². The lowest BCUT2D eigenvalue weighted by molar-refractivity contribution is 0.451. The summed E-state index contributed by atoms with van der Waals surface area (Å²) in [6, 6.07) is 7.01. The molecule has 1 aliphatic carbocycles. The third kappa shape index (κ3) is 3.38. The lowest BCUT2D eigenvalue weighted by atomic mass is 9.96. The molecule has 0 spiro atoms. The molecule has 3 aromatic rings. The summed E-state index contributed by atoms with van der Waals surface area (Å²) < 4.78 is 14.8. The molecule has 0 fully saturated rings. The van der Waals surface area contributed by atoms with Gasteiger partial charge in [0.05, 0.1) is 24.8 Å². The molecule has 0 bridgehead atoms.